The number of likely N-dealkylation sites (tertiary alicyclic amines) is 1. The molecule has 0 radical (unpaired) electrons. The number of aliphatic hydroxyl groups is 1. The molecule has 1 aliphatic rings. The van der Waals surface area contributed by atoms with E-state index < -0.39 is 0 Å². The van der Waals surface area contributed by atoms with E-state index in [0.717, 1.165) is 48.2 Å². The van der Waals surface area contributed by atoms with Crippen LogP contribution in [-0.2, 0) is 6.42 Å². The van der Waals surface area contributed by atoms with E-state index >= 15 is 0 Å². The summed E-state index contributed by atoms with van der Waals surface area (Å²) in [5, 5.41) is 11.7. The average molecular weight is 488 g/mol. The summed E-state index contributed by atoms with van der Waals surface area (Å²) < 4.78 is 0. The van der Waals surface area contributed by atoms with E-state index in [1.54, 1.807) is 6.20 Å². The number of hydrogen-bond acceptors (Lipinski definition) is 6. The Kier molecular flexibility index (Phi) is 10.2. The maximum Gasteiger partial charge on any atom is 0.259 e. The van der Waals surface area contributed by atoms with Crippen molar-refractivity contribution in [2.45, 2.75) is 40.0 Å². The first-order chi connectivity index (χ1) is 17.7. The predicted molar refractivity (Wildman–Crippen MR) is 149 cm³/mol. The van der Waals surface area contributed by atoms with Gasteiger partial charge in [-0.2, -0.15) is 0 Å². The van der Waals surface area contributed by atoms with Crippen LogP contribution in [0.4, 0.5) is 11.5 Å². The summed E-state index contributed by atoms with van der Waals surface area (Å²) in [7, 11) is 1.00. The summed E-state index contributed by atoms with van der Waals surface area (Å²) in [5.74, 6) is 0.535. The molecule has 7 heteroatoms. The zero-order chi connectivity index (χ0) is 25.9. The number of nitrogens with zero attached hydrogens (tertiary/aromatic N) is 3. The SMILES string of the molecule is CC.CO.Cc1cccc(-c2cc3cc[nH]c(=O)c3c(Nc3ccc(CCN4CCCC4)cc3)n2)n1. The second kappa shape index (κ2) is 13.5. The van der Waals surface area contributed by atoms with Crippen LogP contribution in [0.1, 0.15) is 37.9 Å². The van der Waals surface area contributed by atoms with E-state index in [1.165, 1.54) is 31.5 Å². The lowest BCUT2D eigenvalue weighted by Gasteiger charge is -2.15. The van der Waals surface area contributed by atoms with E-state index in [2.05, 4.69) is 44.5 Å². The lowest BCUT2D eigenvalue weighted by molar-refractivity contribution is 0.343. The number of anilines is 2. The van der Waals surface area contributed by atoms with Crippen molar-refractivity contribution >= 4 is 22.3 Å². The summed E-state index contributed by atoms with van der Waals surface area (Å²) in [5.41, 5.74) is 4.50. The highest BCUT2D eigenvalue weighted by molar-refractivity contribution is 5.94. The Labute approximate surface area is 213 Å². The smallest absolute Gasteiger partial charge is 0.259 e. The summed E-state index contributed by atoms with van der Waals surface area (Å²) in [6.07, 6.45) is 5.35. The molecule has 1 fully saturated rings. The molecule has 1 aliphatic heterocycles. The number of nitrogens with one attached hydrogen (secondary N) is 2. The highest BCUT2D eigenvalue weighted by atomic mass is 16.2. The number of pyridine rings is 3. The van der Waals surface area contributed by atoms with Crippen molar-refractivity contribution < 1.29 is 5.11 Å². The minimum absolute atomic E-state index is 0.163. The first-order valence-electron chi connectivity index (χ1n) is 12.7. The lowest BCUT2D eigenvalue weighted by Crippen LogP contribution is -2.21. The number of aliphatic hydroxyl groups excluding tert-OH is 1. The molecule has 5 rings (SSSR count). The van der Waals surface area contributed by atoms with Gasteiger partial charge in [0, 0.05) is 31.2 Å². The standard InChI is InChI=1S/C26H27N5O.C2H6.CH4O/c1-18-5-4-6-22(28-18)23-17-20-11-13-27-26(32)24(20)25(30-23)29-21-9-7-19(8-10-21)12-16-31-14-2-3-15-31;2*1-2/h4-11,13,17H,2-3,12,14-16H2,1H3,(H,27,32)(H,29,30);1-2H3;2H,1H3. The van der Waals surface area contributed by atoms with Crippen molar-refractivity contribution in [1.29, 1.82) is 0 Å². The molecule has 0 bridgehead atoms. The molecule has 7 nitrogen and oxygen atoms in total. The number of aromatic amines is 1. The molecule has 0 atom stereocenters. The van der Waals surface area contributed by atoms with Gasteiger partial charge in [-0.1, -0.05) is 32.0 Å². The molecule has 3 N–H and O–H groups in total. The lowest BCUT2D eigenvalue weighted by atomic mass is 10.1. The molecule has 0 amide bonds. The van der Waals surface area contributed by atoms with Gasteiger partial charge in [-0.3, -0.25) is 9.78 Å². The van der Waals surface area contributed by atoms with Gasteiger partial charge in [-0.25, -0.2) is 4.98 Å². The van der Waals surface area contributed by atoms with E-state index in [-0.39, 0.29) is 5.56 Å². The van der Waals surface area contributed by atoms with E-state index in [4.69, 9.17) is 10.1 Å². The minimum Gasteiger partial charge on any atom is -0.400 e. The van der Waals surface area contributed by atoms with Gasteiger partial charge in [0.15, 0.2) is 0 Å². The Morgan fingerprint density at radius 1 is 0.972 bits per heavy atom. The molecule has 0 saturated carbocycles. The third kappa shape index (κ3) is 6.77. The Morgan fingerprint density at radius 2 is 1.69 bits per heavy atom. The zero-order valence-electron chi connectivity index (χ0n) is 21.7. The van der Waals surface area contributed by atoms with Gasteiger partial charge < -0.3 is 20.3 Å². The van der Waals surface area contributed by atoms with Crippen LogP contribution in [-0.4, -0.2) is 51.7 Å². The van der Waals surface area contributed by atoms with Crippen molar-refractivity contribution in [1.82, 2.24) is 19.9 Å². The third-order valence-corrected chi connectivity index (χ3v) is 6.04. The molecule has 0 unspecified atom stereocenters. The van der Waals surface area contributed by atoms with Crippen LogP contribution in [0.3, 0.4) is 0 Å². The first-order valence-corrected chi connectivity index (χ1v) is 12.7. The van der Waals surface area contributed by atoms with Crippen LogP contribution in [0, 0.1) is 6.92 Å². The van der Waals surface area contributed by atoms with E-state index in [0.29, 0.717) is 11.2 Å². The molecule has 0 spiro atoms. The zero-order valence-corrected chi connectivity index (χ0v) is 21.7. The largest absolute Gasteiger partial charge is 0.400 e. The van der Waals surface area contributed by atoms with Crippen LogP contribution < -0.4 is 10.9 Å². The Morgan fingerprint density at radius 3 is 2.39 bits per heavy atom. The molecule has 190 valence electrons. The number of rotatable bonds is 6. The number of fused-ring (bicyclic) bond motifs is 1. The van der Waals surface area contributed by atoms with Gasteiger partial charge in [-0.15, -0.1) is 0 Å². The number of H-pyrrole nitrogens is 1. The minimum atomic E-state index is -0.163. The summed E-state index contributed by atoms with van der Waals surface area (Å²) in [4.78, 5) is 27.3. The average Bonchev–Trinajstić information content (AvgIpc) is 3.44. The predicted octanol–water partition coefficient (Wildman–Crippen LogP) is 5.31. The molecular formula is C29H37N5O2. The highest BCUT2D eigenvalue weighted by Gasteiger charge is 2.13. The molecule has 36 heavy (non-hydrogen) atoms. The van der Waals surface area contributed by atoms with Crippen molar-refractivity contribution in [3.05, 3.63) is 82.4 Å². The summed E-state index contributed by atoms with van der Waals surface area (Å²) >= 11 is 0. The maximum absolute atomic E-state index is 12.6. The summed E-state index contributed by atoms with van der Waals surface area (Å²) in [6.45, 7) is 9.51. The van der Waals surface area contributed by atoms with Crippen LogP contribution in [0.25, 0.3) is 22.2 Å². The second-order valence-electron chi connectivity index (χ2n) is 8.41. The van der Waals surface area contributed by atoms with Gasteiger partial charge in [0.05, 0.1) is 16.8 Å². The number of benzene rings is 1. The number of hydrogen-bond donors (Lipinski definition) is 3. The molecule has 3 aromatic heterocycles. The monoisotopic (exact) mass is 487 g/mol. The fourth-order valence-corrected chi connectivity index (χ4v) is 4.31. The first kappa shape index (κ1) is 27.0. The van der Waals surface area contributed by atoms with Crippen LogP contribution in [0.5, 0.6) is 0 Å². The Balaban J connectivity index is 0.000000861. The topological polar surface area (TPSA) is 94.1 Å². The van der Waals surface area contributed by atoms with Crippen LogP contribution in [0.15, 0.2) is 65.6 Å². The molecule has 1 saturated heterocycles. The van der Waals surface area contributed by atoms with E-state index in [9.17, 15) is 4.79 Å². The second-order valence-corrected chi connectivity index (χ2v) is 8.41. The van der Waals surface area contributed by atoms with Crippen LogP contribution in [0.2, 0.25) is 0 Å². The van der Waals surface area contributed by atoms with Gasteiger partial charge in [-0.05, 0) is 86.6 Å². The molecule has 0 aliphatic carbocycles. The number of aryl methyl sites for hydroxylation is 1. The third-order valence-electron chi connectivity index (χ3n) is 6.04. The Hall–Kier alpha value is -3.55. The van der Waals surface area contributed by atoms with E-state index in [1.807, 2.05) is 51.1 Å². The van der Waals surface area contributed by atoms with Crippen molar-refractivity contribution in [2.75, 3.05) is 32.1 Å². The van der Waals surface area contributed by atoms with Crippen LogP contribution >= 0.6 is 0 Å². The molecule has 1 aromatic carbocycles. The van der Waals surface area contributed by atoms with Crippen molar-refractivity contribution in [3.8, 4) is 11.4 Å². The Bertz CT molecular complexity index is 1300. The summed E-state index contributed by atoms with van der Waals surface area (Å²) in [6, 6.07) is 18.1. The normalized spacial score (nSPS) is 12.9. The van der Waals surface area contributed by atoms with Gasteiger partial charge in [0.25, 0.3) is 5.56 Å². The maximum atomic E-state index is 12.6. The van der Waals surface area contributed by atoms with Gasteiger partial charge in [0.1, 0.15) is 5.82 Å². The highest BCUT2D eigenvalue weighted by Crippen LogP contribution is 2.27. The van der Waals surface area contributed by atoms with Gasteiger partial charge in [0.2, 0.25) is 0 Å². The molecule has 4 aromatic rings. The van der Waals surface area contributed by atoms with Gasteiger partial charge >= 0.3 is 0 Å². The quantitative estimate of drug-likeness (QED) is 0.341. The number of aromatic nitrogens is 3. The van der Waals surface area contributed by atoms with Crippen molar-refractivity contribution in [3.63, 3.8) is 0 Å². The fourth-order valence-electron chi connectivity index (χ4n) is 4.31. The molecule has 4 heterocycles. The fraction of sp³-hybridized carbons (Fsp3) is 0.345. The van der Waals surface area contributed by atoms with Crippen molar-refractivity contribution in [2.24, 2.45) is 0 Å². The molecular weight excluding hydrogens is 450 g/mol.